The summed E-state index contributed by atoms with van der Waals surface area (Å²) < 4.78 is 2.08. The van der Waals surface area contributed by atoms with Crippen molar-refractivity contribution in [2.45, 2.75) is 78.3 Å². The molecule has 1 fully saturated rings. The molecule has 0 spiro atoms. The Morgan fingerprint density at radius 3 is 2.75 bits per heavy atom. The zero-order valence-corrected chi connectivity index (χ0v) is 13.8. The number of hydrogen-bond donors (Lipinski definition) is 1. The standard InChI is InChI=1S/C17H31N3/c1-6-14(3)20-8-7-15(19-20)11-17(18)10-13(2)9-16(4,5)12-17/h7-8,13-14H,6,9-12,18H2,1-5H3. The van der Waals surface area contributed by atoms with Crippen LogP contribution in [-0.2, 0) is 6.42 Å². The predicted molar refractivity (Wildman–Crippen MR) is 84.6 cm³/mol. The Bertz CT molecular complexity index is 449. The Morgan fingerprint density at radius 1 is 1.45 bits per heavy atom. The largest absolute Gasteiger partial charge is 0.325 e. The number of nitrogens with zero attached hydrogens (tertiary/aromatic N) is 2. The van der Waals surface area contributed by atoms with Gasteiger partial charge >= 0.3 is 0 Å². The molecule has 3 unspecified atom stereocenters. The summed E-state index contributed by atoms with van der Waals surface area (Å²) in [5.41, 5.74) is 8.14. The Hall–Kier alpha value is -0.830. The van der Waals surface area contributed by atoms with E-state index in [1.54, 1.807) is 0 Å². The number of nitrogens with two attached hydrogens (primary N) is 1. The van der Waals surface area contributed by atoms with Gasteiger partial charge in [-0.25, -0.2) is 0 Å². The zero-order valence-electron chi connectivity index (χ0n) is 13.8. The highest BCUT2D eigenvalue weighted by Gasteiger charge is 2.40. The van der Waals surface area contributed by atoms with E-state index in [1.807, 2.05) is 0 Å². The smallest absolute Gasteiger partial charge is 0.0643 e. The van der Waals surface area contributed by atoms with Gasteiger partial charge in [-0.1, -0.05) is 27.7 Å². The van der Waals surface area contributed by atoms with Gasteiger partial charge in [0, 0.05) is 24.2 Å². The molecule has 114 valence electrons. The van der Waals surface area contributed by atoms with Gasteiger partial charge in [0.2, 0.25) is 0 Å². The molecular formula is C17H31N3. The molecule has 1 aromatic heterocycles. The second-order valence-corrected chi connectivity index (χ2v) is 7.94. The molecule has 2 rings (SSSR count). The van der Waals surface area contributed by atoms with Crippen LogP contribution in [0, 0.1) is 11.3 Å². The zero-order chi connectivity index (χ0) is 15.0. The minimum Gasteiger partial charge on any atom is -0.325 e. The number of hydrogen-bond acceptors (Lipinski definition) is 2. The number of rotatable bonds is 4. The molecule has 1 saturated carbocycles. The lowest BCUT2D eigenvalue weighted by molar-refractivity contribution is 0.107. The maximum absolute atomic E-state index is 6.73. The average molecular weight is 277 g/mol. The van der Waals surface area contributed by atoms with E-state index in [4.69, 9.17) is 10.8 Å². The fourth-order valence-corrected chi connectivity index (χ4v) is 4.21. The fraction of sp³-hybridized carbons (Fsp3) is 0.824. The van der Waals surface area contributed by atoms with Crippen LogP contribution in [0.15, 0.2) is 12.3 Å². The highest BCUT2D eigenvalue weighted by Crippen LogP contribution is 2.43. The van der Waals surface area contributed by atoms with Crippen molar-refractivity contribution in [2.24, 2.45) is 17.1 Å². The van der Waals surface area contributed by atoms with Crippen LogP contribution < -0.4 is 5.73 Å². The van der Waals surface area contributed by atoms with E-state index in [2.05, 4.69) is 51.6 Å². The number of aromatic nitrogens is 2. The second-order valence-electron chi connectivity index (χ2n) is 7.94. The molecule has 0 aromatic carbocycles. The molecule has 1 aliphatic rings. The van der Waals surface area contributed by atoms with Crippen LogP contribution in [0.25, 0.3) is 0 Å². The van der Waals surface area contributed by atoms with Gasteiger partial charge in [0.15, 0.2) is 0 Å². The van der Waals surface area contributed by atoms with Gasteiger partial charge < -0.3 is 5.73 Å². The van der Waals surface area contributed by atoms with Gasteiger partial charge in [-0.15, -0.1) is 0 Å². The van der Waals surface area contributed by atoms with Crippen molar-refractivity contribution in [3.63, 3.8) is 0 Å². The fourth-order valence-electron chi connectivity index (χ4n) is 4.21. The molecular weight excluding hydrogens is 246 g/mol. The van der Waals surface area contributed by atoms with Crippen LogP contribution >= 0.6 is 0 Å². The van der Waals surface area contributed by atoms with Crippen LogP contribution in [0.1, 0.15) is 72.0 Å². The molecule has 3 heteroatoms. The van der Waals surface area contributed by atoms with E-state index < -0.39 is 0 Å². The maximum Gasteiger partial charge on any atom is 0.0643 e. The summed E-state index contributed by atoms with van der Waals surface area (Å²) in [6.07, 6.45) is 7.62. The first kappa shape index (κ1) is 15.6. The molecule has 2 N–H and O–H groups in total. The molecule has 0 radical (unpaired) electrons. The Balaban J connectivity index is 2.10. The predicted octanol–water partition coefficient (Wildman–Crippen LogP) is 3.94. The average Bonchev–Trinajstić information content (AvgIpc) is 2.72. The van der Waals surface area contributed by atoms with Gasteiger partial charge in [0.1, 0.15) is 0 Å². The summed E-state index contributed by atoms with van der Waals surface area (Å²) >= 11 is 0. The first-order valence-electron chi connectivity index (χ1n) is 8.06. The molecule has 3 nitrogen and oxygen atoms in total. The molecule has 1 aromatic rings. The van der Waals surface area contributed by atoms with Gasteiger partial charge in [-0.05, 0) is 50.0 Å². The Kier molecular flexibility index (Phi) is 4.29. The first-order valence-corrected chi connectivity index (χ1v) is 8.06. The van der Waals surface area contributed by atoms with Crippen LogP contribution in [0.4, 0.5) is 0 Å². The van der Waals surface area contributed by atoms with Crippen molar-refractivity contribution >= 4 is 0 Å². The lowest BCUT2D eigenvalue weighted by Crippen LogP contribution is -2.50. The van der Waals surface area contributed by atoms with E-state index in [0.717, 1.165) is 31.4 Å². The third-order valence-corrected chi connectivity index (χ3v) is 4.73. The highest BCUT2D eigenvalue weighted by molar-refractivity contribution is 5.09. The molecule has 0 aliphatic heterocycles. The van der Waals surface area contributed by atoms with E-state index >= 15 is 0 Å². The van der Waals surface area contributed by atoms with Crippen molar-refractivity contribution in [3.05, 3.63) is 18.0 Å². The quantitative estimate of drug-likeness (QED) is 0.906. The molecule has 1 aliphatic carbocycles. The highest BCUT2D eigenvalue weighted by atomic mass is 15.3. The second kappa shape index (κ2) is 5.51. The maximum atomic E-state index is 6.73. The minimum atomic E-state index is -0.0875. The van der Waals surface area contributed by atoms with E-state index in [0.29, 0.717) is 17.4 Å². The summed E-state index contributed by atoms with van der Waals surface area (Å²) in [4.78, 5) is 0. The molecule has 20 heavy (non-hydrogen) atoms. The van der Waals surface area contributed by atoms with Gasteiger partial charge in [0.25, 0.3) is 0 Å². The normalized spacial score (nSPS) is 31.2. The third-order valence-electron chi connectivity index (χ3n) is 4.73. The third kappa shape index (κ3) is 3.63. The van der Waals surface area contributed by atoms with Crippen LogP contribution in [0.3, 0.4) is 0 Å². The molecule has 1 heterocycles. The van der Waals surface area contributed by atoms with Crippen molar-refractivity contribution in [1.82, 2.24) is 9.78 Å². The minimum absolute atomic E-state index is 0.0875. The first-order chi connectivity index (χ1) is 9.23. The van der Waals surface area contributed by atoms with E-state index in [9.17, 15) is 0 Å². The molecule has 0 amide bonds. The Labute approximate surface area is 123 Å². The van der Waals surface area contributed by atoms with Crippen LogP contribution in [0.5, 0.6) is 0 Å². The monoisotopic (exact) mass is 277 g/mol. The molecule has 3 atom stereocenters. The van der Waals surface area contributed by atoms with E-state index in [1.165, 1.54) is 6.42 Å². The lowest BCUT2D eigenvalue weighted by atomic mass is 9.63. The van der Waals surface area contributed by atoms with Crippen LogP contribution in [-0.4, -0.2) is 15.3 Å². The van der Waals surface area contributed by atoms with Crippen molar-refractivity contribution in [1.29, 1.82) is 0 Å². The van der Waals surface area contributed by atoms with E-state index in [-0.39, 0.29) is 5.54 Å². The Morgan fingerprint density at radius 2 is 2.15 bits per heavy atom. The van der Waals surface area contributed by atoms with Gasteiger partial charge in [0.05, 0.1) is 5.69 Å². The summed E-state index contributed by atoms with van der Waals surface area (Å²) in [7, 11) is 0. The topological polar surface area (TPSA) is 43.8 Å². The molecule has 0 bridgehead atoms. The van der Waals surface area contributed by atoms with Gasteiger partial charge in [-0.3, -0.25) is 4.68 Å². The lowest BCUT2D eigenvalue weighted by Gasteiger charge is -2.45. The van der Waals surface area contributed by atoms with Crippen molar-refractivity contribution in [2.75, 3.05) is 0 Å². The van der Waals surface area contributed by atoms with Crippen molar-refractivity contribution in [3.8, 4) is 0 Å². The SMILES string of the molecule is CCC(C)n1ccc(CC2(N)CC(C)CC(C)(C)C2)n1. The summed E-state index contributed by atoms with van der Waals surface area (Å²) in [5.74, 6) is 0.709. The summed E-state index contributed by atoms with van der Waals surface area (Å²) in [5, 5.41) is 4.73. The van der Waals surface area contributed by atoms with Crippen molar-refractivity contribution < 1.29 is 0 Å². The van der Waals surface area contributed by atoms with Crippen LogP contribution in [0.2, 0.25) is 0 Å². The summed E-state index contributed by atoms with van der Waals surface area (Å²) in [6, 6.07) is 2.62. The van der Waals surface area contributed by atoms with Gasteiger partial charge in [-0.2, -0.15) is 5.10 Å². The molecule has 0 saturated heterocycles. The summed E-state index contributed by atoms with van der Waals surface area (Å²) in [6.45, 7) is 11.4.